The quantitative estimate of drug-likeness (QED) is 0.649. The third-order valence-corrected chi connectivity index (χ3v) is 3.29. The third kappa shape index (κ3) is 3.56. The maximum atomic E-state index is 13.2. The minimum atomic E-state index is -0.618. The molecular weight excluding hydrogens is 271 g/mol. The minimum Gasteiger partial charge on any atom is -0.372 e. The lowest BCUT2D eigenvalue weighted by molar-refractivity contribution is -0.384. The van der Waals surface area contributed by atoms with E-state index in [1.54, 1.807) is 0 Å². The van der Waals surface area contributed by atoms with Crippen LogP contribution in [-0.2, 0) is 0 Å². The van der Waals surface area contributed by atoms with Crippen molar-refractivity contribution in [3.05, 3.63) is 70.0 Å². The van der Waals surface area contributed by atoms with E-state index in [0.29, 0.717) is 5.69 Å². The van der Waals surface area contributed by atoms with Gasteiger partial charge in [0.25, 0.3) is 5.69 Å². The first-order chi connectivity index (χ1) is 9.99. The average molecular weight is 288 g/mol. The number of hydrogen-bond acceptors (Lipinski definition) is 3. The van der Waals surface area contributed by atoms with E-state index in [4.69, 9.17) is 0 Å². The van der Waals surface area contributed by atoms with E-state index in [2.05, 4.69) is 5.32 Å². The van der Waals surface area contributed by atoms with Crippen LogP contribution < -0.4 is 5.32 Å². The summed E-state index contributed by atoms with van der Waals surface area (Å²) >= 11 is 0. The molecule has 0 fully saturated rings. The van der Waals surface area contributed by atoms with Crippen LogP contribution >= 0.6 is 0 Å². The Bertz CT molecular complexity index is 629. The van der Waals surface area contributed by atoms with Crippen LogP contribution in [0.15, 0.2) is 48.5 Å². The number of benzene rings is 2. The van der Waals surface area contributed by atoms with Gasteiger partial charge < -0.3 is 5.32 Å². The van der Waals surface area contributed by atoms with Crippen molar-refractivity contribution < 1.29 is 9.31 Å². The van der Waals surface area contributed by atoms with Gasteiger partial charge in [0.15, 0.2) is 0 Å². The molecule has 2 aromatic rings. The van der Waals surface area contributed by atoms with Gasteiger partial charge in [-0.25, -0.2) is 4.39 Å². The van der Waals surface area contributed by atoms with Crippen LogP contribution in [0, 0.1) is 21.8 Å². The van der Waals surface area contributed by atoms with E-state index in [1.807, 2.05) is 44.2 Å². The fourth-order valence-corrected chi connectivity index (χ4v) is 2.24. The van der Waals surface area contributed by atoms with Crippen molar-refractivity contribution in [2.24, 2.45) is 5.92 Å². The number of nitrogens with one attached hydrogen (secondary N) is 1. The van der Waals surface area contributed by atoms with Crippen molar-refractivity contribution in [1.82, 2.24) is 0 Å². The second-order valence-electron chi connectivity index (χ2n) is 5.20. The van der Waals surface area contributed by atoms with E-state index in [-0.39, 0.29) is 17.6 Å². The SMILES string of the molecule is CC(C)C(Nc1ccc(F)cc1[N+](=O)[O-])c1ccccc1. The smallest absolute Gasteiger partial charge is 0.295 e. The lowest BCUT2D eigenvalue weighted by Gasteiger charge is -2.24. The van der Waals surface area contributed by atoms with Crippen LogP contribution in [0.4, 0.5) is 15.8 Å². The molecule has 1 unspecified atom stereocenters. The molecular formula is C16H17FN2O2. The van der Waals surface area contributed by atoms with Crippen molar-refractivity contribution in [3.8, 4) is 0 Å². The maximum absolute atomic E-state index is 13.2. The maximum Gasteiger partial charge on any atom is 0.295 e. The second kappa shape index (κ2) is 6.35. The number of hydrogen-bond donors (Lipinski definition) is 1. The topological polar surface area (TPSA) is 55.2 Å². The second-order valence-corrected chi connectivity index (χ2v) is 5.20. The molecule has 0 aromatic heterocycles. The Labute approximate surface area is 122 Å². The number of nitro groups is 1. The lowest BCUT2D eigenvalue weighted by Crippen LogP contribution is -2.17. The Morgan fingerprint density at radius 3 is 2.38 bits per heavy atom. The number of nitro benzene ring substituents is 1. The van der Waals surface area contributed by atoms with E-state index < -0.39 is 10.7 Å². The number of anilines is 1. The molecule has 0 aliphatic rings. The van der Waals surface area contributed by atoms with Gasteiger partial charge in [0.05, 0.1) is 17.0 Å². The summed E-state index contributed by atoms with van der Waals surface area (Å²) in [5.41, 5.74) is 1.10. The van der Waals surface area contributed by atoms with Gasteiger partial charge in [-0.2, -0.15) is 0 Å². The van der Waals surface area contributed by atoms with Crippen LogP contribution in [-0.4, -0.2) is 4.92 Å². The number of rotatable bonds is 5. The highest BCUT2D eigenvalue weighted by atomic mass is 19.1. The molecule has 110 valence electrons. The first-order valence-electron chi connectivity index (χ1n) is 6.74. The molecule has 0 bridgehead atoms. The van der Waals surface area contributed by atoms with E-state index >= 15 is 0 Å². The largest absolute Gasteiger partial charge is 0.372 e. The van der Waals surface area contributed by atoms with Crippen molar-refractivity contribution in [2.75, 3.05) is 5.32 Å². The minimum absolute atomic E-state index is 0.0876. The summed E-state index contributed by atoms with van der Waals surface area (Å²) in [5, 5.41) is 14.2. The molecule has 0 spiro atoms. The molecule has 4 nitrogen and oxygen atoms in total. The zero-order valence-electron chi connectivity index (χ0n) is 11.9. The summed E-state index contributed by atoms with van der Waals surface area (Å²) in [6.07, 6.45) is 0. The Balaban J connectivity index is 2.36. The van der Waals surface area contributed by atoms with Crippen LogP contribution in [0.2, 0.25) is 0 Å². The zero-order valence-corrected chi connectivity index (χ0v) is 11.9. The van der Waals surface area contributed by atoms with Gasteiger partial charge in [-0.1, -0.05) is 44.2 Å². The van der Waals surface area contributed by atoms with Crippen LogP contribution in [0.1, 0.15) is 25.5 Å². The normalized spacial score (nSPS) is 12.2. The molecule has 0 heterocycles. The summed E-state index contributed by atoms with van der Waals surface area (Å²) in [6, 6.07) is 13.2. The Kier molecular flexibility index (Phi) is 4.52. The van der Waals surface area contributed by atoms with Gasteiger partial charge in [-0.05, 0) is 23.6 Å². The summed E-state index contributed by atoms with van der Waals surface area (Å²) < 4.78 is 13.2. The van der Waals surface area contributed by atoms with Crippen molar-refractivity contribution in [3.63, 3.8) is 0 Å². The predicted octanol–water partition coefficient (Wildman–Crippen LogP) is 4.54. The summed E-state index contributed by atoms with van der Waals surface area (Å²) in [6.45, 7) is 4.06. The number of nitrogens with zero attached hydrogens (tertiary/aromatic N) is 1. The van der Waals surface area contributed by atoms with Gasteiger partial charge >= 0.3 is 0 Å². The monoisotopic (exact) mass is 288 g/mol. The zero-order chi connectivity index (χ0) is 15.4. The molecule has 5 heteroatoms. The lowest BCUT2D eigenvalue weighted by atomic mass is 9.95. The van der Waals surface area contributed by atoms with Crippen molar-refractivity contribution in [2.45, 2.75) is 19.9 Å². The fourth-order valence-electron chi connectivity index (χ4n) is 2.24. The molecule has 0 saturated carbocycles. The molecule has 0 aliphatic carbocycles. The van der Waals surface area contributed by atoms with Gasteiger partial charge in [0.2, 0.25) is 0 Å². The highest BCUT2D eigenvalue weighted by molar-refractivity contribution is 5.62. The van der Waals surface area contributed by atoms with Crippen LogP contribution in [0.5, 0.6) is 0 Å². The Morgan fingerprint density at radius 2 is 1.81 bits per heavy atom. The van der Waals surface area contributed by atoms with E-state index in [0.717, 1.165) is 11.6 Å². The molecule has 2 aromatic carbocycles. The first-order valence-corrected chi connectivity index (χ1v) is 6.74. The Hall–Kier alpha value is -2.43. The Morgan fingerprint density at radius 1 is 1.14 bits per heavy atom. The average Bonchev–Trinajstić information content (AvgIpc) is 2.46. The molecule has 1 atom stereocenters. The summed E-state index contributed by atoms with van der Waals surface area (Å²) in [5.74, 6) is -0.398. The highest BCUT2D eigenvalue weighted by Gasteiger charge is 2.21. The van der Waals surface area contributed by atoms with E-state index in [1.165, 1.54) is 12.1 Å². The van der Waals surface area contributed by atoms with Crippen molar-refractivity contribution >= 4 is 11.4 Å². The molecule has 2 rings (SSSR count). The van der Waals surface area contributed by atoms with Gasteiger partial charge in [-0.15, -0.1) is 0 Å². The molecule has 21 heavy (non-hydrogen) atoms. The first kappa shape index (κ1) is 15.0. The predicted molar refractivity (Wildman–Crippen MR) is 80.7 cm³/mol. The van der Waals surface area contributed by atoms with Gasteiger partial charge in [0.1, 0.15) is 11.5 Å². The molecule has 0 saturated heterocycles. The molecule has 0 amide bonds. The highest BCUT2D eigenvalue weighted by Crippen LogP contribution is 2.32. The van der Waals surface area contributed by atoms with E-state index in [9.17, 15) is 14.5 Å². The number of halogens is 1. The van der Waals surface area contributed by atoms with Gasteiger partial charge in [0, 0.05) is 0 Å². The molecule has 1 N–H and O–H groups in total. The summed E-state index contributed by atoms with van der Waals surface area (Å²) in [4.78, 5) is 10.5. The summed E-state index contributed by atoms with van der Waals surface area (Å²) in [7, 11) is 0. The van der Waals surface area contributed by atoms with Crippen molar-refractivity contribution in [1.29, 1.82) is 0 Å². The molecule has 0 aliphatic heterocycles. The fraction of sp³-hybridized carbons (Fsp3) is 0.250. The molecule has 0 radical (unpaired) electrons. The van der Waals surface area contributed by atoms with Gasteiger partial charge in [-0.3, -0.25) is 10.1 Å². The standard InChI is InChI=1S/C16H17FN2O2/c1-11(2)16(12-6-4-3-5-7-12)18-14-9-8-13(17)10-15(14)19(20)21/h3-11,16,18H,1-2H3. The van der Waals surface area contributed by atoms with Crippen LogP contribution in [0.3, 0.4) is 0 Å². The third-order valence-electron chi connectivity index (χ3n) is 3.29. The van der Waals surface area contributed by atoms with Crippen LogP contribution in [0.25, 0.3) is 0 Å².